The van der Waals surface area contributed by atoms with Crippen molar-refractivity contribution in [2.24, 2.45) is 0 Å². The fraction of sp³-hybridized carbons (Fsp3) is 0.167. The number of nitrogens with zero attached hydrogens (tertiary/aromatic N) is 3. The lowest BCUT2D eigenvalue weighted by molar-refractivity contribution is 0.500. The SMILES string of the molecule is C[C@H](NCc1cn(Cc2ccccc2)nc1-c1cccnc1)c1ccc(F)c(F)c1. The number of pyridine rings is 1. The van der Waals surface area contributed by atoms with Gasteiger partial charge in [0.15, 0.2) is 11.6 Å². The van der Waals surface area contributed by atoms with Crippen LogP contribution in [0.1, 0.15) is 29.7 Å². The molecule has 0 radical (unpaired) electrons. The first-order chi connectivity index (χ1) is 14.6. The maximum atomic E-state index is 13.6. The Morgan fingerprint density at radius 2 is 1.83 bits per heavy atom. The molecule has 1 atom stereocenters. The number of rotatable bonds is 7. The van der Waals surface area contributed by atoms with Crippen LogP contribution in [0.2, 0.25) is 0 Å². The number of benzene rings is 2. The lowest BCUT2D eigenvalue weighted by Gasteiger charge is -2.14. The van der Waals surface area contributed by atoms with E-state index in [4.69, 9.17) is 5.10 Å². The van der Waals surface area contributed by atoms with Crippen LogP contribution in [0.4, 0.5) is 8.78 Å². The molecule has 2 heterocycles. The van der Waals surface area contributed by atoms with Crippen LogP contribution >= 0.6 is 0 Å². The molecule has 0 bridgehead atoms. The van der Waals surface area contributed by atoms with E-state index in [0.717, 1.165) is 28.5 Å². The molecular formula is C24H22F2N4. The molecule has 4 rings (SSSR count). The lowest BCUT2D eigenvalue weighted by Crippen LogP contribution is -2.18. The standard InChI is InChI=1S/C24H22F2N4/c1-17(19-9-10-22(25)23(26)12-19)28-14-21-16-30(15-18-6-3-2-4-7-18)29-24(21)20-8-5-11-27-13-20/h2-13,16-17,28H,14-15H2,1H3/t17-/m0/s1. The molecular weight excluding hydrogens is 382 g/mol. The topological polar surface area (TPSA) is 42.7 Å². The normalized spacial score (nSPS) is 12.1. The Morgan fingerprint density at radius 3 is 2.57 bits per heavy atom. The van der Waals surface area contributed by atoms with Crippen molar-refractivity contribution in [1.82, 2.24) is 20.1 Å². The van der Waals surface area contributed by atoms with Crippen molar-refractivity contribution >= 4 is 0 Å². The maximum absolute atomic E-state index is 13.6. The van der Waals surface area contributed by atoms with E-state index >= 15 is 0 Å². The molecule has 0 fully saturated rings. The van der Waals surface area contributed by atoms with Gasteiger partial charge in [0.2, 0.25) is 0 Å². The van der Waals surface area contributed by atoms with E-state index in [-0.39, 0.29) is 6.04 Å². The minimum atomic E-state index is -0.841. The second-order valence-electron chi connectivity index (χ2n) is 7.20. The van der Waals surface area contributed by atoms with Gasteiger partial charge in [-0.15, -0.1) is 0 Å². The Morgan fingerprint density at radius 1 is 1.00 bits per heavy atom. The first kappa shape index (κ1) is 19.9. The molecule has 6 heteroatoms. The van der Waals surface area contributed by atoms with Crippen molar-refractivity contribution in [2.45, 2.75) is 26.1 Å². The predicted octanol–water partition coefficient (Wildman–Crippen LogP) is 5.12. The third-order valence-corrected chi connectivity index (χ3v) is 5.00. The molecule has 2 aromatic carbocycles. The fourth-order valence-corrected chi connectivity index (χ4v) is 3.35. The molecule has 0 amide bonds. The van der Waals surface area contributed by atoms with Gasteiger partial charge in [0.05, 0.1) is 12.2 Å². The molecule has 0 saturated heterocycles. The van der Waals surface area contributed by atoms with Crippen LogP contribution in [-0.2, 0) is 13.1 Å². The van der Waals surface area contributed by atoms with Crippen LogP contribution < -0.4 is 5.32 Å². The molecule has 4 aromatic rings. The first-order valence-electron chi connectivity index (χ1n) is 9.79. The van der Waals surface area contributed by atoms with Crippen molar-refractivity contribution < 1.29 is 8.78 Å². The van der Waals surface area contributed by atoms with Crippen molar-refractivity contribution in [2.75, 3.05) is 0 Å². The number of halogens is 2. The van der Waals surface area contributed by atoms with Gasteiger partial charge in [-0.1, -0.05) is 36.4 Å². The zero-order chi connectivity index (χ0) is 20.9. The highest BCUT2D eigenvalue weighted by molar-refractivity contribution is 5.61. The van der Waals surface area contributed by atoms with Crippen LogP contribution in [0.3, 0.4) is 0 Å². The lowest BCUT2D eigenvalue weighted by atomic mass is 10.1. The van der Waals surface area contributed by atoms with E-state index in [1.54, 1.807) is 18.5 Å². The molecule has 30 heavy (non-hydrogen) atoms. The summed E-state index contributed by atoms with van der Waals surface area (Å²) in [6, 6.07) is 17.8. The highest BCUT2D eigenvalue weighted by Gasteiger charge is 2.14. The molecule has 0 aliphatic heterocycles. The smallest absolute Gasteiger partial charge is 0.159 e. The van der Waals surface area contributed by atoms with Crippen molar-refractivity contribution in [1.29, 1.82) is 0 Å². The summed E-state index contributed by atoms with van der Waals surface area (Å²) in [5, 5.41) is 8.17. The summed E-state index contributed by atoms with van der Waals surface area (Å²) in [5.41, 5.74) is 4.64. The van der Waals surface area contributed by atoms with E-state index in [1.807, 2.05) is 48.1 Å². The van der Waals surface area contributed by atoms with Gasteiger partial charge in [0.25, 0.3) is 0 Å². The summed E-state index contributed by atoms with van der Waals surface area (Å²) in [6.07, 6.45) is 5.53. The zero-order valence-electron chi connectivity index (χ0n) is 16.6. The van der Waals surface area contributed by atoms with Gasteiger partial charge in [0, 0.05) is 42.3 Å². The van der Waals surface area contributed by atoms with Gasteiger partial charge in [-0.05, 0) is 42.3 Å². The molecule has 0 spiro atoms. The number of nitrogens with one attached hydrogen (secondary N) is 1. The predicted molar refractivity (Wildman–Crippen MR) is 113 cm³/mol. The first-order valence-corrected chi connectivity index (χ1v) is 9.79. The minimum absolute atomic E-state index is 0.153. The van der Waals surface area contributed by atoms with E-state index in [0.29, 0.717) is 18.7 Å². The van der Waals surface area contributed by atoms with Crippen molar-refractivity contribution in [3.8, 4) is 11.3 Å². The summed E-state index contributed by atoms with van der Waals surface area (Å²) < 4.78 is 28.7. The van der Waals surface area contributed by atoms with Gasteiger partial charge < -0.3 is 5.32 Å². The summed E-state index contributed by atoms with van der Waals surface area (Å²) in [5.74, 6) is -1.68. The number of aromatic nitrogens is 3. The second-order valence-corrected chi connectivity index (χ2v) is 7.20. The largest absolute Gasteiger partial charge is 0.306 e. The van der Waals surface area contributed by atoms with Crippen molar-refractivity contribution in [3.63, 3.8) is 0 Å². The molecule has 0 aliphatic carbocycles. The average Bonchev–Trinajstić information content (AvgIpc) is 3.18. The van der Waals surface area contributed by atoms with Crippen LogP contribution in [-0.4, -0.2) is 14.8 Å². The highest BCUT2D eigenvalue weighted by atomic mass is 19.2. The van der Waals surface area contributed by atoms with Crippen molar-refractivity contribution in [3.05, 3.63) is 108 Å². The van der Waals surface area contributed by atoms with Crippen LogP contribution in [0.15, 0.2) is 79.3 Å². The van der Waals surface area contributed by atoms with E-state index in [2.05, 4.69) is 22.4 Å². The van der Waals surface area contributed by atoms with Crippen LogP contribution in [0, 0.1) is 11.6 Å². The van der Waals surface area contributed by atoms with E-state index in [9.17, 15) is 8.78 Å². The van der Waals surface area contributed by atoms with Gasteiger partial charge in [0.1, 0.15) is 0 Å². The molecule has 1 N–H and O–H groups in total. The molecule has 2 aromatic heterocycles. The van der Waals surface area contributed by atoms with Gasteiger partial charge in [-0.3, -0.25) is 9.67 Å². The minimum Gasteiger partial charge on any atom is -0.306 e. The van der Waals surface area contributed by atoms with Gasteiger partial charge in [-0.2, -0.15) is 5.10 Å². The summed E-state index contributed by atoms with van der Waals surface area (Å²) in [6.45, 7) is 3.11. The van der Waals surface area contributed by atoms with E-state index in [1.165, 1.54) is 6.07 Å². The quantitative estimate of drug-likeness (QED) is 0.465. The second kappa shape index (κ2) is 8.97. The van der Waals surface area contributed by atoms with Gasteiger partial charge in [-0.25, -0.2) is 8.78 Å². The van der Waals surface area contributed by atoms with Crippen LogP contribution in [0.25, 0.3) is 11.3 Å². The Kier molecular flexibility index (Phi) is 5.95. The van der Waals surface area contributed by atoms with Gasteiger partial charge >= 0.3 is 0 Å². The molecule has 0 unspecified atom stereocenters. The highest BCUT2D eigenvalue weighted by Crippen LogP contribution is 2.23. The average molecular weight is 404 g/mol. The van der Waals surface area contributed by atoms with E-state index < -0.39 is 11.6 Å². The Labute approximate surface area is 174 Å². The third kappa shape index (κ3) is 4.60. The summed E-state index contributed by atoms with van der Waals surface area (Å²) in [7, 11) is 0. The third-order valence-electron chi connectivity index (χ3n) is 5.00. The summed E-state index contributed by atoms with van der Waals surface area (Å²) in [4.78, 5) is 4.21. The molecule has 4 nitrogen and oxygen atoms in total. The Hall–Kier alpha value is -3.38. The summed E-state index contributed by atoms with van der Waals surface area (Å²) >= 11 is 0. The fourth-order valence-electron chi connectivity index (χ4n) is 3.35. The Balaban J connectivity index is 1.56. The molecule has 0 saturated carbocycles. The van der Waals surface area contributed by atoms with Crippen LogP contribution in [0.5, 0.6) is 0 Å². The molecule has 0 aliphatic rings. The zero-order valence-corrected chi connectivity index (χ0v) is 16.6. The number of hydrogen-bond acceptors (Lipinski definition) is 3. The molecule has 152 valence electrons. The Bertz CT molecular complexity index is 1110. The monoisotopic (exact) mass is 404 g/mol. The maximum Gasteiger partial charge on any atom is 0.159 e. The number of hydrogen-bond donors (Lipinski definition) is 1.